The number of rotatable bonds is 2. The standard InChI is InChI=1S/C9H10Cl2N2O/c1-13(2)12-5-6-3-7(10)4-8(11)9(6)14/h3-5,14H,1-2H3/b12-5+. The van der Waals surface area contributed by atoms with Crippen LogP contribution in [0.2, 0.25) is 10.0 Å². The van der Waals surface area contributed by atoms with E-state index in [0.29, 0.717) is 10.6 Å². The van der Waals surface area contributed by atoms with Crippen molar-refractivity contribution in [1.29, 1.82) is 0 Å². The van der Waals surface area contributed by atoms with E-state index < -0.39 is 0 Å². The van der Waals surface area contributed by atoms with E-state index in [1.54, 1.807) is 25.2 Å². The highest BCUT2D eigenvalue weighted by atomic mass is 35.5. The van der Waals surface area contributed by atoms with Gasteiger partial charge >= 0.3 is 0 Å². The van der Waals surface area contributed by atoms with Crippen molar-refractivity contribution >= 4 is 29.4 Å². The quantitative estimate of drug-likeness (QED) is 0.629. The van der Waals surface area contributed by atoms with Crippen LogP contribution in [-0.4, -0.2) is 30.4 Å². The van der Waals surface area contributed by atoms with E-state index in [1.165, 1.54) is 12.3 Å². The van der Waals surface area contributed by atoms with Crippen LogP contribution in [0.1, 0.15) is 5.56 Å². The molecular formula is C9H10Cl2N2O. The van der Waals surface area contributed by atoms with Gasteiger partial charge in [0.15, 0.2) is 0 Å². The number of benzene rings is 1. The van der Waals surface area contributed by atoms with Gasteiger partial charge in [-0.15, -0.1) is 0 Å². The second-order valence-corrected chi connectivity index (χ2v) is 3.76. The predicted octanol–water partition coefficient (Wildman–Crippen LogP) is 2.59. The lowest BCUT2D eigenvalue weighted by atomic mass is 10.2. The predicted molar refractivity (Wildman–Crippen MR) is 59.4 cm³/mol. The number of halogens is 2. The SMILES string of the molecule is CN(C)/N=C/c1cc(Cl)cc(Cl)c1O. The van der Waals surface area contributed by atoms with Gasteiger partial charge in [-0.1, -0.05) is 23.2 Å². The number of nitrogens with zero attached hydrogens (tertiary/aromatic N) is 2. The summed E-state index contributed by atoms with van der Waals surface area (Å²) in [5.41, 5.74) is 0.496. The van der Waals surface area contributed by atoms with Crippen LogP contribution in [0.5, 0.6) is 5.75 Å². The summed E-state index contributed by atoms with van der Waals surface area (Å²) in [5, 5.41) is 15.8. The van der Waals surface area contributed by atoms with E-state index >= 15 is 0 Å². The molecule has 0 aliphatic rings. The molecule has 0 aromatic heterocycles. The molecule has 0 spiro atoms. The van der Waals surface area contributed by atoms with Crippen LogP contribution in [0.15, 0.2) is 17.2 Å². The summed E-state index contributed by atoms with van der Waals surface area (Å²) in [6.07, 6.45) is 1.49. The summed E-state index contributed by atoms with van der Waals surface area (Å²) in [6, 6.07) is 3.07. The fourth-order valence-electron chi connectivity index (χ4n) is 0.862. The molecule has 0 bridgehead atoms. The van der Waals surface area contributed by atoms with Crippen LogP contribution < -0.4 is 0 Å². The maximum atomic E-state index is 9.53. The van der Waals surface area contributed by atoms with Gasteiger partial charge in [-0.25, -0.2) is 0 Å². The summed E-state index contributed by atoms with van der Waals surface area (Å²) in [7, 11) is 3.55. The molecule has 1 aromatic carbocycles. The van der Waals surface area contributed by atoms with Crippen molar-refractivity contribution in [3.63, 3.8) is 0 Å². The first kappa shape index (κ1) is 11.1. The minimum atomic E-state index is -0.0123. The molecule has 0 heterocycles. The molecule has 1 rings (SSSR count). The number of phenols is 1. The summed E-state index contributed by atoms with van der Waals surface area (Å²) in [6.45, 7) is 0. The average molecular weight is 233 g/mol. The van der Waals surface area contributed by atoms with Crippen molar-refractivity contribution in [2.45, 2.75) is 0 Å². The Labute approximate surface area is 92.6 Å². The largest absolute Gasteiger partial charge is 0.506 e. The van der Waals surface area contributed by atoms with Gasteiger partial charge in [0, 0.05) is 24.7 Å². The third-order valence-electron chi connectivity index (χ3n) is 1.49. The Morgan fingerprint density at radius 3 is 2.57 bits per heavy atom. The lowest BCUT2D eigenvalue weighted by Crippen LogP contribution is -2.02. The lowest BCUT2D eigenvalue weighted by Gasteiger charge is -2.05. The first-order valence-corrected chi connectivity index (χ1v) is 4.65. The van der Waals surface area contributed by atoms with Gasteiger partial charge in [0.25, 0.3) is 0 Å². The molecule has 0 saturated heterocycles. The zero-order valence-electron chi connectivity index (χ0n) is 7.83. The number of phenolic OH excluding ortho intramolecular Hbond substituents is 1. The van der Waals surface area contributed by atoms with Crippen LogP contribution >= 0.6 is 23.2 Å². The number of hydrazone groups is 1. The maximum absolute atomic E-state index is 9.53. The van der Waals surface area contributed by atoms with Crippen molar-refractivity contribution < 1.29 is 5.11 Å². The smallest absolute Gasteiger partial charge is 0.143 e. The average Bonchev–Trinajstić information content (AvgIpc) is 2.08. The summed E-state index contributed by atoms with van der Waals surface area (Å²) in [4.78, 5) is 0. The first-order chi connectivity index (χ1) is 6.50. The van der Waals surface area contributed by atoms with E-state index in [-0.39, 0.29) is 10.8 Å². The normalized spacial score (nSPS) is 10.9. The monoisotopic (exact) mass is 232 g/mol. The fraction of sp³-hybridized carbons (Fsp3) is 0.222. The van der Waals surface area contributed by atoms with Gasteiger partial charge in [0.1, 0.15) is 5.75 Å². The van der Waals surface area contributed by atoms with Crippen molar-refractivity contribution in [2.24, 2.45) is 5.10 Å². The Balaban J connectivity index is 3.08. The first-order valence-electron chi connectivity index (χ1n) is 3.90. The number of aromatic hydroxyl groups is 1. The summed E-state index contributed by atoms with van der Waals surface area (Å²) >= 11 is 11.5. The molecule has 14 heavy (non-hydrogen) atoms. The number of hydrogen-bond acceptors (Lipinski definition) is 3. The van der Waals surface area contributed by atoms with Gasteiger partial charge in [-0.05, 0) is 12.1 Å². The minimum absolute atomic E-state index is 0.0123. The van der Waals surface area contributed by atoms with Gasteiger partial charge in [0.2, 0.25) is 0 Å². The van der Waals surface area contributed by atoms with Crippen molar-refractivity contribution in [1.82, 2.24) is 5.01 Å². The molecule has 0 unspecified atom stereocenters. The molecule has 0 fully saturated rings. The van der Waals surface area contributed by atoms with Crippen LogP contribution in [0, 0.1) is 0 Å². The minimum Gasteiger partial charge on any atom is -0.506 e. The lowest BCUT2D eigenvalue weighted by molar-refractivity contribution is 0.439. The second-order valence-electron chi connectivity index (χ2n) is 2.92. The Hall–Kier alpha value is -0.930. The van der Waals surface area contributed by atoms with Crippen LogP contribution in [0.3, 0.4) is 0 Å². The highest BCUT2D eigenvalue weighted by Gasteiger charge is 2.05. The van der Waals surface area contributed by atoms with Crippen molar-refractivity contribution in [3.8, 4) is 5.75 Å². The molecule has 0 atom stereocenters. The fourth-order valence-corrected chi connectivity index (χ4v) is 1.37. The van der Waals surface area contributed by atoms with Gasteiger partial charge in [0.05, 0.1) is 11.2 Å². The van der Waals surface area contributed by atoms with E-state index in [1.807, 2.05) is 0 Å². The number of hydrogen-bond donors (Lipinski definition) is 1. The molecule has 0 amide bonds. The van der Waals surface area contributed by atoms with E-state index in [9.17, 15) is 5.11 Å². The highest BCUT2D eigenvalue weighted by Crippen LogP contribution is 2.29. The Morgan fingerprint density at radius 2 is 2.00 bits per heavy atom. The molecule has 0 aliphatic heterocycles. The van der Waals surface area contributed by atoms with Crippen molar-refractivity contribution in [2.75, 3.05) is 14.1 Å². The third kappa shape index (κ3) is 2.79. The molecule has 5 heteroatoms. The second kappa shape index (κ2) is 4.53. The Bertz CT molecular complexity index is 364. The topological polar surface area (TPSA) is 35.8 Å². The van der Waals surface area contributed by atoms with Gasteiger partial charge in [-0.3, -0.25) is 0 Å². The van der Waals surface area contributed by atoms with Crippen LogP contribution in [0.4, 0.5) is 0 Å². The molecule has 1 N–H and O–H groups in total. The Morgan fingerprint density at radius 1 is 1.36 bits per heavy atom. The van der Waals surface area contributed by atoms with E-state index in [4.69, 9.17) is 23.2 Å². The summed E-state index contributed by atoms with van der Waals surface area (Å²) < 4.78 is 0. The highest BCUT2D eigenvalue weighted by molar-refractivity contribution is 6.36. The zero-order valence-corrected chi connectivity index (χ0v) is 9.34. The van der Waals surface area contributed by atoms with Gasteiger partial charge < -0.3 is 10.1 Å². The molecule has 0 saturated carbocycles. The van der Waals surface area contributed by atoms with Crippen LogP contribution in [0.25, 0.3) is 0 Å². The van der Waals surface area contributed by atoms with E-state index in [2.05, 4.69) is 5.10 Å². The summed E-state index contributed by atoms with van der Waals surface area (Å²) in [5.74, 6) is -0.0123. The van der Waals surface area contributed by atoms with Crippen molar-refractivity contribution in [3.05, 3.63) is 27.7 Å². The van der Waals surface area contributed by atoms with E-state index in [0.717, 1.165) is 0 Å². The molecule has 1 aromatic rings. The molecule has 0 radical (unpaired) electrons. The van der Waals surface area contributed by atoms with Crippen LogP contribution in [-0.2, 0) is 0 Å². The molecule has 3 nitrogen and oxygen atoms in total. The molecule has 0 aliphatic carbocycles. The van der Waals surface area contributed by atoms with Gasteiger partial charge in [-0.2, -0.15) is 5.10 Å². The third-order valence-corrected chi connectivity index (χ3v) is 1.99. The molecular weight excluding hydrogens is 223 g/mol. The Kier molecular flexibility index (Phi) is 3.61. The molecule has 76 valence electrons. The zero-order chi connectivity index (χ0) is 10.7. The maximum Gasteiger partial charge on any atom is 0.143 e.